The number of alkyl halides is 1. The molecule has 4 heterocycles. The third kappa shape index (κ3) is 2.66. The Morgan fingerprint density at radius 3 is 3.04 bits per heavy atom. The first-order valence-corrected chi connectivity index (χ1v) is 8.96. The second kappa shape index (κ2) is 5.79. The lowest BCUT2D eigenvalue weighted by molar-refractivity contribution is -0.117. The quantitative estimate of drug-likeness (QED) is 0.558. The molecule has 0 radical (unpaired) electrons. The monoisotopic (exact) mass is 383 g/mol. The van der Waals surface area contributed by atoms with Gasteiger partial charge in [0.2, 0.25) is 5.91 Å². The number of anilines is 1. The number of amides is 1. The zero-order chi connectivity index (χ0) is 18.7. The Hall–Kier alpha value is -2.93. The average molecular weight is 384 g/mol. The number of aromatic amines is 1. The number of fused-ring (bicyclic) bond motifs is 2. The number of aryl methyl sites for hydroxylation is 1. The number of hydrogen-bond acceptors (Lipinski definition) is 3. The van der Waals surface area contributed by atoms with Crippen molar-refractivity contribution in [1.82, 2.24) is 19.6 Å². The Bertz CT molecular complexity index is 1210. The summed E-state index contributed by atoms with van der Waals surface area (Å²) in [5.41, 5.74) is 4.54. The number of aromatic nitrogens is 4. The van der Waals surface area contributed by atoms with E-state index in [1.165, 1.54) is 0 Å². The highest BCUT2D eigenvalue weighted by atomic mass is 35.5. The molecule has 0 bridgehead atoms. The van der Waals surface area contributed by atoms with Gasteiger partial charge in [-0.05, 0) is 36.6 Å². The number of nitrogens with zero attached hydrogens (tertiary/aromatic N) is 3. The highest BCUT2D eigenvalue weighted by molar-refractivity contribution is 6.35. The van der Waals surface area contributed by atoms with Gasteiger partial charge in [0.1, 0.15) is 11.8 Å². The molecule has 0 saturated heterocycles. The lowest BCUT2D eigenvalue weighted by Crippen LogP contribution is -2.15. The summed E-state index contributed by atoms with van der Waals surface area (Å²) in [7, 11) is 0. The van der Waals surface area contributed by atoms with Gasteiger partial charge in [-0.2, -0.15) is 5.10 Å². The fourth-order valence-corrected chi connectivity index (χ4v) is 3.66. The Balaban J connectivity index is 1.52. The zero-order valence-corrected chi connectivity index (χ0v) is 15.1. The van der Waals surface area contributed by atoms with Gasteiger partial charge in [-0.1, -0.05) is 11.6 Å². The molecule has 136 valence electrons. The van der Waals surface area contributed by atoms with E-state index in [4.69, 9.17) is 11.6 Å². The van der Waals surface area contributed by atoms with E-state index in [0.29, 0.717) is 17.3 Å². The summed E-state index contributed by atoms with van der Waals surface area (Å²) in [6.07, 6.45) is 4.62. The molecule has 2 atom stereocenters. The van der Waals surface area contributed by atoms with Crippen LogP contribution in [-0.4, -0.2) is 31.7 Å². The molecule has 2 unspecified atom stereocenters. The van der Waals surface area contributed by atoms with Gasteiger partial charge < -0.3 is 10.3 Å². The molecular formula is C19H15ClFN5O. The zero-order valence-electron chi connectivity index (χ0n) is 14.3. The summed E-state index contributed by atoms with van der Waals surface area (Å²) in [5.74, 6) is -0.453. The van der Waals surface area contributed by atoms with E-state index in [2.05, 4.69) is 20.4 Å². The van der Waals surface area contributed by atoms with Gasteiger partial charge in [0.05, 0.1) is 16.5 Å². The molecule has 0 aliphatic heterocycles. The summed E-state index contributed by atoms with van der Waals surface area (Å²) in [6.45, 7) is 2.01. The largest absolute Gasteiger partial charge is 0.345 e. The molecule has 1 saturated carbocycles. The molecule has 5 rings (SSSR count). The number of hydrogen-bond donors (Lipinski definition) is 2. The fourth-order valence-electron chi connectivity index (χ4n) is 3.38. The van der Waals surface area contributed by atoms with E-state index in [1.54, 1.807) is 16.8 Å². The van der Waals surface area contributed by atoms with Gasteiger partial charge in [0.15, 0.2) is 5.82 Å². The Kier molecular flexibility index (Phi) is 3.48. The predicted molar refractivity (Wildman–Crippen MR) is 102 cm³/mol. The van der Waals surface area contributed by atoms with Crippen molar-refractivity contribution < 1.29 is 9.18 Å². The number of H-pyrrole nitrogens is 1. The van der Waals surface area contributed by atoms with Crippen molar-refractivity contribution in [2.24, 2.45) is 5.92 Å². The molecule has 27 heavy (non-hydrogen) atoms. The first kappa shape index (κ1) is 16.3. The summed E-state index contributed by atoms with van der Waals surface area (Å²) < 4.78 is 14.7. The minimum atomic E-state index is -1.03. The van der Waals surface area contributed by atoms with Gasteiger partial charge in [0, 0.05) is 35.6 Å². The Labute approximate surface area is 158 Å². The van der Waals surface area contributed by atoms with Crippen LogP contribution in [0.2, 0.25) is 5.02 Å². The highest BCUT2D eigenvalue weighted by Gasteiger charge is 2.43. The molecule has 1 aliphatic rings. The van der Waals surface area contributed by atoms with Crippen LogP contribution in [0.25, 0.3) is 27.7 Å². The maximum atomic E-state index is 13.0. The van der Waals surface area contributed by atoms with Crippen LogP contribution in [0.3, 0.4) is 0 Å². The van der Waals surface area contributed by atoms with Crippen LogP contribution in [0.4, 0.5) is 10.2 Å². The first-order valence-electron chi connectivity index (χ1n) is 8.58. The predicted octanol–water partition coefficient (Wildman–Crippen LogP) is 4.14. The van der Waals surface area contributed by atoms with Crippen LogP contribution in [0.15, 0.2) is 36.8 Å². The van der Waals surface area contributed by atoms with E-state index < -0.39 is 12.1 Å². The van der Waals surface area contributed by atoms with Gasteiger partial charge in [-0.15, -0.1) is 0 Å². The minimum Gasteiger partial charge on any atom is -0.345 e. The fraction of sp³-hybridized carbons (Fsp3) is 0.211. The number of pyridine rings is 2. The molecule has 8 heteroatoms. The molecule has 0 aromatic carbocycles. The van der Waals surface area contributed by atoms with E-state index in [-0.39, 0.29) is 5.91 Å². The maximum Gasteiger partial charge on any atom is 0.231 e. The summed E-state index contributed by atoms with van der Waals surface area (Å²) >= 11 is 6.27. The third-order valence-electron chi connectivity index (χ3n) is 4.99. The van der Waals surface area contributed by atoms with E-state index in [1.807, 2.05) is 31.5 Å². The Morgan fingerprint density at radius 2 is 2.26 bits per heavy atom. The van der Waals surface area contributed by atoms with Crippen LogP contribution < -0.4 is 5.32 Å². The van der Waals surface area contributed by atoms with E-state index in [9.17, 15) is 9.18 Å². The lowest BCUT2D eigenvalue weighted by atomic mass is 10.0. The summed E-state index contributed by atoms with van der Waals surface area (Å²) in [5, 5.41) is 8.54. The van der Waals surface area contributed by atoms with Crippen molar-refractivity contribution >= 4 is 39.9 Å². The van der Waals surface area contributed by atoms with Gasteiger partial charge in [-0.3, -0.25) is 4.79 Å². The van der Waals surface area contributed by atoms with E-state index in [0.717, 1.165) is 33.2 Å². The van der Waals surface area contributed by atoms with Gasteiger partial charge >= 0.3 is 0 Å². The van der Waals surface area contributed by atoms with Crippen molar-refractivity contribution in [3.63, 3.8) is 0 Å². The second-order valence-electron chi connectivity index (χ2n) is 6.82. The van der Waals surface area contributed by atoms with Crippen molar-refractivity contribution in [3.8, 4) is 11.1 Å². The molecule has 4 aromatic heterocycles. The summed E-state index contributed by atoms with van der Waals surface area (Å²) in [6, 6.07) is 5.66. The lowest BCUT2D eigenvalue weighted by Gasteiger charge is -2.07. The van der Waals surface area contributed by atoms with E-state index >= 15 is 0 Å². The highest BCUT2D eigenvalue weighted by Crippen LogP contribution is 2.35. The van der Waals surface area contributed by atoms with Crippen LogP contribution in [0.1, 0.15) is 12.0 Å². The van der Waals surface area contributed by atoms with Crippen LogP contribution >= 0.6 is 11.6 Å². The van der Waals surface area contributed by atoms with Crippen LogP contribution in [0, 0.1) is 12.8 Å². The second-order valence-corrected chi connectivity index (χ2v) is 7.23. The van der Waals surface area contributed by atoms with Crippen molar-refractivity contribution in [1.29, 1.82) is 0 Å². The van der Waals surface area contributed by atoms with Crippen molar-refractivity contribution in [2.45, 2.75) is 19.5 Å². The molecule has 4 aromatic rings. The molecule has 2 N–H and O–H groups in total. The molecule has 1 fully saturated rings. The number of carbonyl (C=O) groups is 1. The minimum absolute atomic E-state index is 0.291. The first-order chi connectivity index (χ1) is 13.0. The number of halogens is 2. The smallest absolute Gasteiger partial charge is 0.231 e. The number of rotatable bonds is 3. The molecule has 1 amide bonds. The third-order valence-corrected chi connectivity index (χ3v) is 5.29. The normalized spacial score (nSPS) is 18.9. The molecular weight excluding hydrogens is 369 g/mol. The number of carbonyl (C=O) groups excluding carboxylic acids is 1. The maximum absolute atomic E-state index is 13.0. The standard InChI is InChI=1S/C19H15ClFN5O/c1-9-13(7-22-18-17(9)14(20)8-23-18)10-2-3-26-11(4-10)5-16(25-26)24-19(27)12-6-15(12)21/h2-5,7-8,12,15H,6H2,1H3,(H,22,23)(H,24,25,27). The van der Waals surface area contributed by atoms with Crippen molar-refractivity contribution in [2.75, 3.05) is 5.32 Å². The van der Waals surface area contributed by atoms with Gasteiger partial charge in [-0.25, -0.2) is 13.9 Å². The molecule has 6 nitrogen and oxygen atoms in total. The average Bonchev–Trinajstić information content (AvgIpc) is 3.07. The summed E-state index contributed by atoms with van der Waals surface area (Å²) in [4.78, 5) is 19.4. The SMILES string of the molecule is Cc1c(-c2ccn3nc(NC(=O)C4CC4F)cc3c2)cnc2[nH]cc(Cl)c12. The van der Waals surface area contributed by atoms with Gasteiger partial charge in [0.25, 0.3) is 0 Å². The molecule has 1 aliphatic carbocycles. The van der Waals surface area contributed by atoms with Crippen LogP contribution in [0.5, 0.6) is 0 Å². The number of nitrogens with one attached hydrogen (secondary N) is 2. The molecule has 0 spiro atoms. The van der Waals surface area contributed by atoms with Crippen molar-refractivity contribution in [3.05, 3.63) is 47.4 Å². The Morgan fingerprint density at radius 1 is 1.44 bits per heavy atom. The topological polar surface area (TPSA) is 75.1 Å². The van der Waals surface area contributed by atoms with Crippen LogP contribution in [-0.2, 0) is 4.79 Å².